The van der Waals surface area contributed by atoms with Crippen molar-refractivity contribution in [1.82, 2.24) is 10.6 Å². The first-order valence-corrected chi connectivity index (χ1v) is 5.25. The van der Waals surface area contributed by atoms with Crippen LogP contribution in [0.2, 0.25) is 0 Å². The zero-order valence-corrected chi connectivity index (χ0v) is 8.60. The van der Waals surface area contributed by atoms with E-state index >= 15 is 0 Å². The lowest BCUT2D eigenvalue weighted by atomic mass is 9.88. The molecule has 4 nitrogen and oxygen atoms in total. The summed E-state index contributed by atoms with van der Waals surface area (Å²) in [4.78, 5) is 11.9. The molecule has 2 rings (SSSR count). The van der Waals surface area contributed by atoms with Gasteiger partial charge in [0.15, 0.2) is 0 Å². The zero-order chi connectivity index (χ0) is 10.2. The molecule has 0 bridgehead atoms. The fourth-order valence-electron chi connectivity index (χ4n) is 1.88. The Hall–Kier alpha value is -0.610. The molecule has 0 aromatic carbocycles. The Kier molecular flexibility index (Phi) is 2.27. The molecule has 1 aliphatic heterocycles. The predicted octanol–water partition coefficient (Wildman–Crippen LogP) is -0.373. The van der Waals surface area contributed by atoms with E-state index in [1.165, 1.54) is 0 Å². The van der Waals surface area contributed by atoms with Gasteiger partial charge in [0.05, 0.1) is 17.6 Å². The van der Waals surface area contributed by atoms with Gasteiger partial charge in [-0.15, -0.1) is 0 Å². The summed E-state index contributed by atoms with van der Waals surface area (Å²) < 4.78 is 0. The van der Waals surface area contributed by atoms with E-state index in [4.69, 9.17) is 5.11 Å². The largest absolute Gasteiger partial charge is 0.394 e. The van der Waals surface area contributed by atoms with Gasteiger partial charge in [0, 0.05) is 6.54 Å². The van der Waals surface area contributed by atoms with Crippen LogP contribution in [0.4, 0.5) is 0 Å². The normalized spacial score (nSPS) is 34.1. The fourth-order valence-corrected chi connectivity index (χ4v) is 1.88. The third-order valence-corrected chi connectivity index (χ3v) is 3.45. The van der Waals surface area contributed by atoms with E-state index in [1.807, 2.05) is 6.92 Å². The summed E-state index contributed by atoms with van der Waals surface area (Å²) in [5.74, 6) is 0.0917. The van der Waals surface area contributed by atoms with Gasteiger partial charge in [-0.2, -0.15) is 0 Å². The van der Waals surface area contributed by atoms with Crippen LogP contribution in [0.1, 0.15) is 26.2 Å². The molecule has 14 heavy (non-hydrogen) atoms. The van der Waals surface area contributed by atoms with Crippen LogP contribution in [0, 0.1) is 5.41 Å². The molecule has 0 radical (unpaired) electrons. The topological polar surface area (TPSA) is 61.4 Å². The van der Waals surface area contributed by atoms with Crippen LogP contribution in [-0.2, 0) is 4.79 Å². The molecule has 1 unspecified atom stereocenters. The lowest BCUT2D eigenvalue weighted by Crippen LogP contribution is -2.48. The Morgan fingerprint density at radius 1 is 1.50 bits per heavy atom. The van der Waals surface area contributed by atoms with E-state index in [0.717, 1.165) is 32.4 Å². The molecule has 1 saturated heterocycles. The molecule has 1 aliphatic carbocycles. The van der Waals surface area contributed by atoms with Crippen molar-refractivity contribution in [3.63, 3.8) is 0 Å². The Morgan fingerprint density at radius 3 is 2.64 bits per heavy atom. The molecule has 0 spiro atoms. The number of hydrogen-bond acceptors (Lipinski definition) is 3. The van der Waals surface area contributed by atoms with Crippen LogP contribution in [-0.4, -0.2) is 36.2 Å². The molecule has 2 fully saturated rings. The van der Waals surface area contributed by atoms with Gasteiger partial charge in [-0.1, -0.05) is 0 Å². The second-order valence-corrected chi connectivity index (χ2v) is 4.88. The highest BCUT2D eigenvalue weighted by Crippen LogP contribution is 2.36. The van der Waals surface area contributed by atoms with E-state index < -0.39 is 0 Å². The van der Waals surface area contributed by atoms with Crippen LogP contribution in [0.25, 0.3) is 0 Å². The summed E-state index contributed by atoms with van der Waals surface area (Å²) in [5, 5.41) is 15.3. The highest BCUT2D eigenvalue weighted by molar-refractivity contribution is 5.84. The monoisotopic (exact) mass is 198 g/mol. The minimum Gasteiger partial charge on any atom is -0.394 e. The SMILES string of the molecule is CC1(C(=O)NC2(CO)CC2)CCNC1. The number of hydrogen-bond donors (Lipinski definition) is 3. The second-order valence-electron chi connectivity index (χ2n) is 4.88. The number of nitrogens with one attached hydrogen (secondary N) is 2. The van der Waals surface area contributed by atoms with Crippen LogP contribution < -0.4 is 10.6 Å². The summed E-state index contributed by atoms with van der Waals surface area (Å²) in [5.41, 5.74) is -0.548. The van der Waals surface area contributed by atoms with Crippen molar-refractivity contribution < 1.29 is 9.90 Å². The number of carbonyl (C=O) groups is 1. The highest BCUT2D eigenvalue weighted by Gasteiger charge is 2.47. The van der Waals surface area contributed by atoms with Crippen molar-refractivity contribution in [2.24, 2.45) is 5.41 Å². The highest BCUT2D eigenvalue weighted by atomic mass is 16.3. The van der Waals surface area contributed by atoms with Crippen molar-refractivity contribution in [3.8, 4) is 0 Å². The van der Waals surface area contributed by atoms with Crippen LogP contribution in [0.5, 0.6) is 0 Å². The molecule has 1 atom stereocenters. The smallest absolute Gasteiger partial charge is 0.227 e. The number of carbonyl (C=O) groups excluding carboxylic acids is 1. The maximum absolute atomic E-state index is 11.9. The average Bonchev–Trinajstić information content (AvgIpc) is 2.80. The van der Waals surface area contributed by atoms with E-state index in [1.54, 1.807) is 0 Å². The third kappa shape index (κ3) is 1.64. The average molecular weight is 198 g/mol. The molecule has 80 valence electrons. The van der Waals surface area contributed by atoms with E-state index in [9.17, 15) is 4.79 Å². The van der Waals surface area contributed by atoms with E-state index in [-0.39, 0.29) is 23.5 Å². The molecule has 3 N–H and O–H groups in total. The molecule has 0 aromatic rings. The predicted molar refractivity (Wildman–Crippen MR) is 52.8 cm³/mol. The minimum absolute atomic E-state index is 0.0717. The van der Waals surface area contributed by atoms with Gasteiger partial charge in [0.1, 0.15) is 0 Å². The molecule has 1 amide bonds. The van der Waals surface area contributed by atoms with Gasteiger partial charge < -0.3 is 15.7 Å². The molecule has 0 aromatic heterocycles. The zero-order valence-electron chi connectivity index (χ0n) is 8.60. The summed E-state index contributed by atoms with van der Waals surface area (Å²) in [7, 11) is 0. The van der Waals surface area contributed by atoms with Crippen molar-refractivity contribution in [1.29, 1.82) is 0 Å². The summed E-state index contributed by atoms with van der Waals surface area (Å²) in [6.07, 6.45) is 2.72. The Labute approximate surface area is 84.1 Å². The number of aliphatic hydroxyl groups excluding tert-OH is 1. The Morgan fingerprint density at radius 2 is 2.21 bits per heavy atom. The first-order valence-electron chi connectivity index (χ1n) is 5.25. The molecule has 2 aliphatic rings. The lowest BCUT2D eigenvalue weighted by molar-refractivity contribution is -0.130. The third-order valence-electron chi connectivity index (χ3n) is 3.45. The fraction of sp³-hybridized carbons (Fsp3) is 0.900. The van der Waals surface area contributed by atoms with Gasteiger partial charge in [-0.25, -0.2) is 0 Å². The van der Waals surface area contributed by atoms with E-state index in [0.29, 0.717) is 0 Å². The van der Waals surface area contributed by atoms with Crippen LogP contribution >= 0.6 is 0 Å². The van der Waals surface area contributed by atoms with Gasteiger partial charge >= 0.3 is 0 Å². The molecule has 1 heterocycles. The maximum atomic E-state index is 11.9. The molecular weight excluding hydrogens is 180 g/mol. The van der Waals surface area contributed by atoms with Gasteiger partial charge in [0.2, 0.25) is 5.91 Å². The van der Waals surface area contributed by atoms with Crippen LogP contribution in [0.3, 0.4) is 0 Å². The lowest BCUT2D eigenvalue weighted by Gasteiger charge is -2.25. The van der Waals surface area contributed by atoms with Crippen molar-refractivity contribution in [2.75, 3.05) is 19.7 Å². The van der Waals surface area contributed by atoms with E-state index in [2.05, 4.69) is 10.6 Å². The first-order chi connectivity index (χ1) is 6.60. The van der Waals surface area contributed by atoms with Gasteiger partial charge in [-0.05, 0) is 32.7 Å². The number of amides is 1. The van der Waals surface area contributed by atoms with Gasteiger partial charge in [0.25, 0.3) is 0 Å². The van der Waals surface area contributed by atoms with Crippen molar-refractivity contribution in [2.45, 2.75) is 31.7 Å². The van der Waals surface area contributed by atoms with Crippen LogP contribution in [0.15, 0.2) is 0 Å². The summed E-state index contributed by atoms with van der Waals surface area (Å²) in [6.45, 7) is 3.72. The standard InChI is InChI=1S/C10H18N2O2/c1-9(4-5-11-6-9)8(14)12-10(7-13)2-3-10/h11,13H,2-7H2,1H3,(H,12,14). The number of aliphatic hydroxyl groups is 1. The summed E-state index contributed by atoms with van der Waals surface area (Å²) in [6, 6.07) is 0. The Balaban J connectivity index is 1.95. The second kappa shape index (κ2) is 3.21. The first kappa shape index (κ1) is 9.93. The Bertz CT molecular complexity index is 243. The summed E-state index contributed by atoms with van der Waals surface area (Å²) >= 11 is 0. The quantitative estimate of drug-likeness (QED) is 0.579. The van der Waals surface area contributed by atoms with Crippen molar-refractivity contribution >= 4 is 5.91 Å². The van der Waals surface area contributed by atoms with Crippen molar-refractivity contribution in [3.05, 3.63) is 0 Å². The molecular formula is C10H18N2O2. The molecule has 1 saturated carbocycles. The maximum Gasteiger partial charge on any atom is 0.227 e. The number of rotatable bonds is 3. The minimum atomic E-state index is -0.275. The van der Waals surface area contributed by atoms with Gasteiger partial charge in [-0.3, -0.25) is 4.79 Å². The molecule has 4 heteroatoms.